The average molecular weight is 239 g/mol. The van der Waals surface area contributed by atoms with Crippen LogP contribution in [0.2, 0.25) is 0 Å². The van der Waals surface area contributed by atoms with Crippen LogP contribution < -0.4 is 5.73 Å². The fourth-order valence-electron chi connectivity index (χ4n) is 2.48. The second-order valence-electron chi connectivity index (χ2n) is 4.74. The third-order valence-electron chi connectivity index (χ3n) is 3.37. The largest absolute Gasteiger partial charge is 0.325 e. The number of hydrogen-bond acceptors (Lipinski definition) is 3. The molecule has 0 fully saturated rings. The number of nitrogens with zero attached hydrogens (tertiary/aromatic N) is 2. The molecule has 0 unspecified atom stereocenters. The minimum Gasteiger partial charge on any atom is -0.325 e. The van der Waals surface area contributed by atoms with E-state index in [0.717, 1.165) is 31.0 Å². The first-order valence-corrected chi connectivity index (χ1v) is 6.29. The molecule has 0 aliphatic carbocycles. The van der Waals surface area contributed by atoms with Crippen molar-refractivity contribution in [3.8, 4) is 0 Å². The van der Waals surface area contributed by atoms with Gasteiger partial charge in [-0.1, -0.05) is 30.3 Å². The van der Waals surface area contributed by atoms with E-state index in [9.17, 15) is 0 Å². The highest BCUT2D eigenvalue weighted by atomic mass is 15.1. The standard InChI is InChI=1S/C15H17N3/c16-8-14-6-3-7-15(17-14)11-18-9-12-4-1-2-5-13(12)10-18/h1-7H,8-11,16H2. The van der Waals surface area contributed by atoms with Crippen molar-refractivity contribution >= 4 is 0 Å². The van der Waals surface area contributed by atoms with Crippen molar-refractivity contribution in [2.75, 3.05) is 0 Å². The van der Waals surface area contributed by atoms with E-state index in [4.69, 9.17) is 5.73 Å². The second kappa shape index (κ2) is 4.88. The third-order valence-corrected chi connectivity index (χ3v) is 3.37. The van der Waals surface area contributed by atoms with Gasteiger partial charge >= 0.3 is 0 Å². The first-order chi connectivity index (χ1) is 8.85. The molecular weight excluding hydrogens is 222 g/mol. The Morgan fingerprint density at radius 2 is 1.61 bits per heavy atom. The predicted molar refractivity (Wildman–Crippen MR) is 71.5 cm³/mol. The van der Waals surface area contributed by atoms with Gasteiger partial charge in [0.05, 0.1) is 11.4 Å². The third kappa shape index (κ3) is 2.28. The van der Waals surface area contributed by atoms with Gasteiger partial charge in [-0.2, -0.15) is 0 Å². The van der Waals surface area contributed by atoms with Crippen molar-refractivity contribution < 1.29 is 0 Å². The molecule has 1 aliphatic rings. The highest BCUT2D eigenvalue weighted by Gasteiger charge is 2.18. The Kier molecular flexibility index (Phi) is 3.09. The molecule has 0 bridgehead atoms. The lowest BCUT2D eigenvalue weighted by atomic mass is 10.1. The van der Waals surface area contributed by atoms with Crippen molar-refractivity contribution in [2.45, 2.75) is 26.2 Å². The normalized spacial score (nSPS) is 14.7. The SMILES string of the molecule is NCc1cccc(CN2Cc3ccccc3C2)n1. The van der Waals surface area contributed by atoms with Crippen LogP contribution in [-0.2, 0) is 26.2 Å². The van der Waals surface area contributed by atoms with Crippen LogP contribution in [-0.4, -0.2) is 9.88 Å². The van der Waals surface area contributed by atoms with Gasteiger partial charge in [-0.05, 0) is 23.3 Å². The summed E-state index contributed by atoms with van der Waals surface area (Å²) in [6.45, 7) is 3.44. The van der Waals surface area contributed by atoms with Crippen LogP contribution in [0.5, 0.6) is 0 Å². The van der Waals surface area contributed by atoms with Gasteiger partial charge in [-0.3, -0.25) is 9.88 Å². The lowest BCUT2D eigenvalue weighted by Gasteiger charge is -2.14. The molecule has 3 heteroatoms. The van der Waals surface area contributed by atoms with Crippen LogP contribution in [0.15, 0.2) is 42.5 Å². The molecule has 0 amide bonds. The Morgan fingerprint density at radius 1 is 0.944 bits per heavy atom. The van der Waals surface area contributed by atoms with Crippen LogP contribution in [0, 0.1) is 0 Å². The van der Waals surface area contributed by atoms with Crippen LogP contribution in [0.3, 0.4) is 0 Å². The molecule has 0 saturated heterocycles. The Hall–Kier alpha value is -1.71. The monoisotopic (exact) mass is 239 g/mol. The lowest BCUT2D eigenvalue weighted by molar-refractivity contribution is 0.272. The lowest BCUT2D eigenvalue weighted by Crippen LogP contribution is -2.17. The highest BCUT2D eigenvalue weighted by Crippen LogP contribution is 2.23. The Labute approximate surface area is 107 Å². The zero-order valence-electron chi connectivity index (χ0n) is 10.3. The molecule has 2 aromatic rings. The molecule has 18 heavy (non-hydrogen) atoms. The van der Waals surface area contributed by atoms with Crippen molar-refractivity contribution in [2.24, 2.45) is 5.73 Å². The van der Waals surface area contributed by atoms with E-state index < -0.39 is 0 Å². The summed E-state index contributed by atoms with van der Waals surface area (Å²) >= 11 is 0. The summed E-state index contributed by atoms with van der Waals surface area (Å²) in [7, 11) is 0. The molecule has 2 N–H and O–H groups in total. The summed E-state index contributed by atoms with van der Waals surface area (Å²) in [5.41, 5.74) is 10.6. The zero-order chi connectivity index (χ0) is 12.4. The quantitative estimate of drug-likeness (QED) is 0.891. The van der Waals surface area contributed by atoms with E-state index in [-0.39, 0.29) is 0 Å². The summed E-state index contributed by atoms with van der Waals surface area (Å²) in [5, 5.41) is 0. The van der Waals surface area contributed by atoms with E-state index in [1.54, 1.807) is 0 Å². The fraction of sp³-hybridized carbons (Fsp3) is 0.267. The molecule has 1 aromatic heterocycles. The number of rotatable bonds is 3. The van der Waals surface area contributed by atoms with Gasteiger partial charge in [0, 0.05) is 26.2 Å². The molecule has 1 aliphatic heterocycles. The smallest absolute Gasteiger partial charge is 0.0548 e. The van der Waals surface area contributed by atoms with E-state index in [1.807, 2.05) is 12.1 Å². The summed E-state index contributed by atoms with van der Waals surface area (Å²) in [6.07, 6.45) is 0. The Bertz CT molecular complexity index is 526. The number of aromatic nitrogens is 1. The molecule has 3 rings (SSSR count). The van der Waals surface area contributed by atoms with Crippen LogP contribution >= 0.6 is 0 Å². The molecule has 92 valence electrons. The van der Waals surface area contributed by atoms with Gasteiger partial charge in [0.25, 0.3) is 0 Å². The first kappa shape index (κ1) is 11.4. The number of nitrogens with two attached hydrogens (primary N) is 1. The van der Waals surface area contributed by atoms with Crippen LogP contribution in [0.25, 0.3) is 0 Å². The van der Waals surface area contributed by atoms with Gasteiger partial charge in [0.1, 0.15) is 0 Å². The molecule has 0 atom stereocenters. The summed E-state index contributed by atoms with van der Waals surface area (Å²) in [5.74, 6) is 0. The van der Waals surface area contributed by atoms with E-state index in [1.165, 1.54) is 11.1 Å². The molecule has 0 radical (unpaired) electrons. The Morgan fingerprint density at radius 3 is 2.28 bits per heavy atom. The summed E-state index contributed by atoms with van der Waals surface area (Å²) < 4.78 is 0. The molecule has 3 nitrogen and oxygen atoms in total. The number of hydrogen-bond donors (Lipinski definition) is 1. The highest BCUT2D eigenvalue weighted by molar-refractivity contribution is 5.30. The number of pyridine rings is 1. The van der Waals surface area contributed by atoms with E-state index >= 15 is 0 Å². The van der Waals surface area contributed by atoms with Crippen LogP contribution in [0.4, 0.5) is 0 Å². The van der Waals surface area contributed by atoms with E-state index in [2.05, 4.69) is 40.2 Å². The topological polar surface area (TPSA) is 42.1 Å². The van der Waals surface area contributed by atoms with Crippen molar-refractivity contribution in [3.05, 3.63) is 65.0 Å². The maximum Gasteiger partial charge on any atom is 0.0548 e. The number of fused-ring (bicyclic) bond motifs is 1. The molecule has 0 spiro atoms. The van der Waals surface area contributed by atoms with Gasteiger partial charge in [0.15, 0.2) is 0 Å². The van der Waals surface area contributed by atoms with Gasteiger partial charge in [-0.25, -0.2) is 0 Å². The van der Waals surface area contributed by atoms with Crippen molar-refractivity contribution in [3.63, 3.8) is 0 Å². The van der Waals surface area contributed by atoms with Gasteiger partial charge < -0.3 is 5.73 Å². The van der Waals surface area contributed by atoms with Crippen molar-refractivity contribution in [1.82, 2.24) is 9.88 Å². The summed E-state index contributed by atoms with van der Waals surface area (Å²) in [4.78, 5) is 6.96. The first-order valence-electron chi connectivity index (χ1n) is 6.29. The molecular formula is C15H17N3. The van der Waals surface area contributed by atoms with Crippen LogP contribution in [0.1, 0.15) is 22.5 Å². The predicted octanol–water partition coefficient (Wildman–Crippen LogP) is 2.06. The molecule has 0 saturated carbocycles. The maximum atomic E-state index is 5.62. The summed E-state index contributed by atoms with van der Waals surface area (Å²) in [6, 6.07) is 14.7. The molecule has 2 heterocycles. The van der Waals surface area contributed by atoms with Gasteiger partial charge in [-0.15, -0.1) is 0 Å². The Balaban J connectivity index is 1.72. The minimum atomic E-state index is 0.508. The molecule has 1 aromatic carbocycles. The average Bonchev–Trinajstić information content (AvgIpc) is 2.81. The number of benzene rings is 1. The maximum absolute atomic E-state index is 5.62. The zero-order valence-corrected chi connectivity index (χ0v) is 10.3. The van der Waals surface area contributed by atoms with Gasteiger partial charge in [0.2, 0.25) is 0 Å². The minimum absolute atomic E-state index is 0.508. The van der Waals surface area contributed by atoms with Crippen molar-refractivity contribution in [1.29, 1.82) is 0 Å². The second-order valence-corrected chi connectivity index (χ2v) is 4.74. The fourth-order valence-corrected chi connectivity index (χ4v) is 2.48. The van der Waals surface area contributed by atoms with E-state index in [0.29, 0.717) is 6.54 Å².